The molecule has 1 fully saturated rings. The number of carbonyl (C=O) groups is 2. The molecular formula is C19H17FN2O3. The highest BCUT2D eigenvalue weighted by atomic mass is 19.1. The lowest BCUT2D eigenvalue weighted by molar-refractivity contribution is -0.145. The van der Waals surface area contributed by atoms with E-state index in [-0.39, 0.29) is 24.7 Å². The Morgan fingerprint density at radius 3 is 2.48 bits per heavy atom. The van der Waals surface area contributed by atoms with Gasteiger partial charge in [0.25, 0.3) is 5.91 Å². The van der Waals surface area contributed by atoms with Gasteiger partial charge in [-0.1, -0.05) is 30.3 Å². The lowest BCUT2D eigenvalue weighted by Gasteiger charge is -2.22. The molecule has 1 aliphatic heterocycles. The highest BCUT2D eigenvalue weighted by molar-refractivity contribution is 6.03. The largest absolute Gasteiger partial charge is 0.467 e. The van der Waals surface area contributed by atoms with Gasteiger partial charge in [-0.05, 0) is 23.8 Å². The van der Waals surface area contributed by atoms with Crippen molar-refractivity contribution in [1.29, 1.82) is 5.41 Å². The lowest BCUT2D eigenvalue weighted by atomic mass is 10.0. The maximum absolute atomic E-state index is 13.9. The van der Waals surface area contributed by atoms with Crippen molar-refractivity contribution in [2.24, 2.45) is 0 Å². The Kier molecular flexibility index (Phi) is 4.61. The van der Waals surface area contributed by atoms with Crippen molar-refractivity contribution in [2.45, 2.75) is 12.5 Å². The van der Waals surface area contributed by atoms with Crippen LogP contribution in [0, 0.1) is 11.2 Å². The van der Waals surface area contributed by atoms with Gasteiger partial charge in [0.05, 0.1) is 13.7 Å². The Morgan fingerprint density at radius 2 is 1.84 bits per heavy atom. The molecule has 0 saturated carbocycles. The van der Waals surface area contributed by atoms with Crippen molar-refractivity contribution in [1.82, 2.24) is 4.90 Å². The number of rotatable bonds is 3. The molecule has 1 N–H and O–H groups in total. The standard InChI is InChI=1S/C19H17FN2O3/c1-25-19(24)17-10-14(21)11-22(17)18(23)13-8-6-12(7-9-13)15-4-2-3-5-16(15)20/h2-9,17,21H,10-11H2,1H3/t17-/m0/s1. The van der Waals surface area contributed by atoms with Crippen LogP contribution in [0.5, 0.6) is 0 Å². The first-order valence-corrected chi connectivity index (χ1v) is 7.81. The molecule has 1 aliphatic rings. The third kappa shape index (κ3) is 3.28. The van der Waals surface area contributed by atoms with E-state index in [1.54, 1.807) is 42.5 Å². The summed E-state index contributed by atoms with van der Waals surface area (Å²) in [6.07, 6.45) is 0.186. The first kappa shape index (κ1) is 16.8. The molecule has 3 rings (SSSR count). The molecule has 0 bridgehead atoms. The summed E-state index contributed by atoms with van der Waals surface area (Å²) >= 11 is 0. The SMILES string of the molecule is COC(=O)[C@@H]1CC(=N)CN1C(=O)c1ccc(-c2ccccc2F)cc1. The van der Waals surface area contributed by atoms with E-state index in [4.69, 9.17) is 10.1 Å². The Bertz CT molecular complexity index is 833. The first-order valence-electron chi connectivity index (χ1n) is 7.81. The molecule has 5 nitrogen and oxygen atoms in total. The Labute approximate surface area is 144 Å². The van der Waals surface area contributed by atoms with Crippen LogP contribution in [0.1, 0.15) is 16.8 Å². The summed E-state index contributed by atoms with van der Waals surface area (Å²) in [5, 5.41) is 7.76. The van der Waals surface area contributed by atoms with Gasteiger partial charge >= 0.3 is 5.97 Å². The third-order valence-electron chi connectivity index (χ3n) is 4.23. The van der Waals surface area contributed by atoms with Crippen molar-refractivity contribution < 1.29 is 18.7 Å². The quantitative estimate of drug-likeness (QED) is 0.874. The van der Waals surface area contributed by atoms with Crippen molar-refractivity contribution in [3.8, 4) is 11.1 Å². The van der Waals surface area contributed by atoms with E-state index in [0.717, 1.165) is 0 Å². The van der Waals surface area contributed by atoms with Crippen LogP contribution in [0.25, 0.3) is 11.1 Å². The monoisotopic (exact) mass is 340 g/mol. The van der Waals surface area contributed by atoms with Gasteiger partial charge in [-0.25, -0.2) is 9.18 Å². The number of amides is 1. The van der Waals surface area contributed by atoms with Gasteiger partial charge in [-0.2, -0.15) is 0 Å². The summed E-state index contributed by atoms with van der Waals surface area (Å²) in [5.41, 5.74) is 1.81. The Morgan fingerprint density at radius 1 is 1.16 bits per heavy atom. The van der Waals surface area contributed by atoms with Crippen LogP contribution in [-0.2, 0) is 9.53 Å². The van der Waals surface area contributed by atoms with Gasteiger partial charge in [0.2, 0.25) is 0 Å². The van der Waals surface area contributed by atoms with E-state index >= 15 is 0 Å². The first-order chi connectivity index (χ1) is 12.0. The topological polar surface area (TPSA) is 70.5 Å². The van der Waals surface area contributed by atoms with Crippen LogP contribution in [0.3, 0.4) is 0 Å². The van der Waals surface area contributed by atoms with Crippen molar-refractivity contribution in [3.05, 3.63) is 59.9 Å². The van der Waals surface area contributed by atoms with Gasteiger partial charge in [-0.15, -0.1) is 0 Å². The van der Waals surface area contributed by atoms with Crippen molar-refractivity contribution >= 4 is 17.6 Å². The molecule has 0 aliphatic carbocycles. The predicted octanol–water partition coefficient (Wildman–Crippen LogP) is 2.90. The number of benzene rings is 2. The number of hydrogen-bond donors (Lipinski definition) is 1. The number of ether oxygens (including phenoxy) is 1. The number of carbonyl (C=O) groups excluding carboxylic acids is 2. The molecular weight excluding hydrogens is 323 g/mol. The van der Waals surface area contributed by atoms with Crippen LogP contribution in [0.2, 0.25) is 0 Å². The van der Waals surface area contributed by atoms with Gasteiger partial charge in [0.15, 0.2) is 0 Å². The zero-order valence-corrected chi connectivity index (χ0v) is 13.7. The molecule has 1 amide bonds. The summed E-state index contributed by atoms with van der Waals surface area (Å²) in [5.74, 6) is -1.21. The van der Waals surface area contributed by atoms with E-state index in [9.17, 15) is 14.0 Å². The van der Waals surface area contributed by atoms with Crippen LogP contribution < -0.4 is 0 Å². The molecule has 128 valence electrons. The Balaban J connectivity index is 1.84. The van der Waals surface area contributed by atoms with Crippen LogP contribution in [0.4, 0.5) is 4.39 Å². The van der Waals surface area contributed by atoms with Crippen molar-refractivity contribution in [2.75, 3.05) is 13.7 Å². The second-order valence-electron chi connectivity index (χ2n) is 5.84. The third-order valence-corrected chi connectivity index (χ3v) is 4.23. The molecule has 2 aromatic rings. The van der Waals surface area contributed by atoms with Crippen LogP contribution in [-0.4, -0.2) is 42.2 Å². The average Bonchev–Trinajstić information content (AvgIpc) is 3.03. The maximum Gasteiger partial charge on any atom is 0.328 e. The zero-order valence-electron chi connectivity index (χ0n) is 13.7. The average molecular weight is 340 g/mol. The van der Waals surface area contributed by atoms with E-state index < -0.39 is 12.0 Å². The smallest absolute Gasteiger partial charge is 0.328 e. The fraction of sp³-hybridized carbons (Fsp3) is 0.211. The molecule has 1 saturated heterocycles. The molecule has 1 atom stereocenters. The molecule has 2 aromatic carbocycles. The predicted molar refractivity (Wildman–Crippen MR) is 91.0 cm³/mol. The number of halogens is 1. The van der Waals surface area contributed by atoms with E-state index in [1.165, 1.54) is 18.1 Å². The van der Waals surface area contributed by atoms with Crippen LogP contribution >= 0.6 is 0 Å². The number of methoxy groups -OCH3 is 1. The van der Waals surface area contributed by atoms with Gasteiger partial charge in [-0.3, -0.25) is 4.79 Å². The second kappa shape index (κ2) is 6.84. The summed E-state index contributed by atoms with van der Waals surface area (Å²) in [7, 11) is 1.26. The maximum atomic E-state index is 13.9. The lowest BCUT2D eigenvalue weighted by Crippen LogP contribution is -2.41. The minimum Gasteiger partial charge on any atom is -0.467 e. The fourth-order valence-corrected chi connectivity index (χ4v) is 2.94. The summed E-state index contributed by atoms with van der Waals surface area (Å²) in [6.45, 7) is 0.105. The van der Waals surface area contributed by atoms with Gasteiger partial charge in [0.1, 0.15) is 11.9 Å². The summed E-state index contributed by atoms with van der Waals surface area (Å²) in [6, 6.07) is 12.2. The number of hydrogen-bond acceptors (Lipinski definition) is 4. The van der Waals surface area contributed by atoms with E-state index in [1.807, 2.05) is 0 Å². The van der Waals surface area contributed by atoms with E-state index in [0.29, 0.717) is 22.4 Å². The zero-order chi connectivity index (χ0) is 18.0. The molecule has 0 aromatic heterocycles. The number of nitrogens with one attached hydrogen (secondary N) is 1. The highest BCUT2D eigenvalue weighted by Crippen LogP contribution is 2.24. The van der Waals surface area contributed by atoms with Gasteiger partial charge < -0.3 is 15.0 Å². The summed E-state index contributed by atoms with van der Waals surface area (Å²) in [4.78, 5) is 25.9. The molecule has 1 heterocycles. The summed E-state index contributed by atoms with van der Waals surface area (Å²) < 4.78 is 18.6. The molecule has 6 heteroatoms. The molecule has 0 unspecified atom stereocenters. The molecule has 0 spiro atoms. The number of esters is 1. The normalized spacial score (nSPS) is 16.8. The fourth-order valence-electron chi connectivity index (χ4n) is 2.94. The Hall–Kier alpha value is -3.02. The number of likely N-dealkylation sites (tertiary alicyclic amines) is 1. The molecule has 0 radical (unpaired) electrons. The minimum absolute atomic E-state index is 0.105. The highest BCUT2D eigenvalue weighted by Gasteiger charge is 2.38. The number of nitrogens with zero attached hydrogens (tertiary/aromatic N) is 1. The van der Waals surface area contributed by atoms with E-state index in [2.05, 4.69) is 0 Å². The molecule has 25 heavy (non-hydrogen) atoms. The minimum atomic E-state index is -0.767. The van der Waals surface area contributed by atoms with Crippen LogP contribution in [0.15, 0.2) is 48.5 Å². The van der Waals surface area contributed by atoms with Crippen molar-refractivity contribution in [3.63, 3.8) is 0 Å². The van der Waals surface area contributed by atoms with Gasteiger partial charge in [0, 0.05) is 23.3 Å². The second-order valence-corrected chi connectivity index (χ2v) is 5.84.